The largest absolute Gasteiger partial charge is 0.398 e. The minimum Gasteiger partial charge on any atom is -0.398 e. The van der Waals surface area contributed by atoms with Crippen molar-refractivity contribution in [2.24, 2.45) is 0 Å². The molecule has 1 aliphatic heterocycles. The number of nitrogens with two attached hydrogens (primary N) is 1. The second kappa shape index (κ2) is 6.46. The van der Waals surface area contributed by atoms with Gasteiger partial charge in [-0.1, -0.05) is 17.7 Å². The fraction of sp³-hybridized carbons (Fsp3) is 0.462. The number of anilines is 1. The minimum atomic E-state index is -3.00. The molecule has 0 radical (unpaired) electrons. The number of sulfone groups is 1. The lowest BCUT2D eigenvalue weighted by Crippen LogP contribution is -2.38. The second-order valence-corrected chi connectivity index (χ2v) is 8.63. The van der Waals surface area contributed by atoms with Crippen LogP contribution in [-0.4, -0.2) is 49.6 Å². The number of hydrogen-bond acceptors (Lipinski definition) is 5. The van der Waals surface area contributed by atoms with Crippen LogP contribution in [0.15, 0.2) is 23.1 Å². The number of carbonyl (C=O) groups is 1. The van der Waals surface area contributed by atoms with Crippen molar-refractivity contribution in [2.45, 2.75) is 17.4 Å². The van der Waals surface area contributed by atoms with Crippen LogP contribution in [0.3, 0.4) is 0 Å². The molecule has 0 saturated carbocycles. The summed E-state index contributed by atoms with van der Waals surface area (Å²) in [5, 5.41) is 0.513. The van der Waals surface area contributed by atoms with Crippen molar-refractivity contribution in [1.82, 2.24) is 4.90 Å². The lowest BCUT2D eigenvalue weighted by molar-refractivity contribution is -0.128. The van der Waals surface area contributed by atoms with Crippen LogP contribution in [-0.2, 0) is 14.6 Å². The Labute approximate surface area is 133 Å². The molecule has 2 N–H and O–H groups in total. The zero-order valence-corrected chi connectivity index (χ0v) is 14.0. The molecular formula is C13H17ClN2O3S2. The topological polar surface area (TPSA) is 80.5 Å². The van der Waals surface area contributed by atoms with Crippen LogP contribution in [0.5, 0.6) is 0 Å². The summed E-state index contributed by atoms with van der Waals surface area (Å²) in [4.78, 5) is 14.4. The molecule has 0 aromatic heterocycles. The Balaban J connectivity index is 1.96. The molecule has 0 aliphatic carbocycles. The van der Waals surface area contributed by atoms with Crippen LogP contribution >= 0.6 is 23.4 Å². The zero-order chi connectivity index (χ0) is 15.6. The number of halogens is 1. The first kappa shape index (κ1) is 16.5. The Kier molecular flexibility index (Phi) is 5.06. The van der Waals surface area contributed by atoms with E-state index in [1.54, 1.807) is 25.2 Å². The van der Waals surface area contributed by atoms with Gasteiger partial charge in [0.2, 0.25) is 5.91 Å². The van der Waals surface area contributed by atoms with Crippen molar-refractivity contribution in [1.29, 1.82) is 0 Å². The highest BCUT2D eigenvalue weighted by atomic mass is 35.5. The SMILES string of the molecule is CN(C(=O)CSc1c(N)cccc1Cl)C1CCS(=O)(=O)C1. The number of thioether (sulfide) groups is 1. The molecule has 116 valence electrons. The number of hydrogen-bond donors (Lipinski definition) is 1. The average Bonchev–Trinajstić information content (AvgIpc) is 2.77. The smallest absolute Gasteiger partial charge is 0.232 e. The lowest BCUT2D eigenvalue weighted by Gasteiger charge is -2.23. The number of rotatable bonds is 4. The van der Waals surface area contributed by atoms with E-state index >= 15 is 0 Å². The van der Waals surface area contributed by atoms with E-state index in [9.17, 15) is 13.2 Å². The van der Waals surface area contributed by atoms with Crippen molar-refractivity contribution in [2.75, 3.05) is 30.0 Å². The summed E-state index contributed by atoms with van der Waals surface area (Å²) in [5.41, 5.74) is 6.37. The zero-order valence-electron chi connectivity index (χ0n) is 11.6. The number of benzene rings is 1. The van der Waals surface area contributed by atoms with Gasteiger partial charge in [0.15, 0.2) is 9.84 Å². The fourth-order valence-corrected chi connectivity index (χ4v) is 5.23. The van der Waals surface area contributed by atoms with E-state index in [1.165, 1.54) is 16.7 Å². The predicted molar refractivity (Wildman–Crippen MR) is 86.4 cm³/mol. The molecule has 1 atom stereocenters. The van der Waals surface area contributed by atoms with E-state index < -0.39 is 9.84 Å². The Morgan fingerprint density at radius 2 is 2.24 bits per heavy atom. The third kappa shape index (κ3) is 4.05. The average molecular weight is 349 g/mol. The van der Waals surface area contributed by atoms with Gasteiger partial charge in [0.1, 0.15) is 0 Å². The Hall–Kier alpha value is -0.920. The fourth-order valence-electron chi connectivity index (χ4n) is 2.20. The molecule has 1 fully saturated rings. The van der Waals surface area contributed by atoms with E-state index in [4.69, 9.17) is 17.3 Å². The lowest BCUT2D eigenvalue weighted by atomic mass is 10.2. The second-order valence-electron chi connectivity index (χ2n) is 5.01. The third-order valence-electron chi connectivity index (χ3n) is 3.49. The van der Waals surface area contributed by atoms with Gasteiger partial charge < -0.3 is 10.6 Å². The van der Waals surface area contributed by atoms with E-state index in [0.29, 0.717) is 22.0 Å². The number of nitrogen functional groups attached to an aromatic ring is 1. The first-order chi connectivity index (χ1) is 9.80. The standard InChI is InChI=1S/C13H17ClN2O3S2/c1-16(9-5-6-21(18,19)8-9)12(17)7-20-13-10(14)3-2-4-11(13)15/h2-4,9H,5-8,15H2,1H3. The van der Waals surface area contributed by atoms with E-state index in [2.05, 4.69) is 0 Å². The summed E-state index contributed by atoms with van der Waals surface area (Å²) in [7, 11) is -1.35. The summed E-state index contributed by atoms with van der Waals surface area (Å²) in [6.45, 7) is 0. The normalized spacial score (nSPS) is 20.4. The van der Waals surface area contributed by atoms with Crippen LogP contribution in [0.4, 0.5) is 5.69 Å². The molecule has 5 nitrogen and oxygen atoms in total. The molecule has 21 heavy (non-hydrogen) atoms. The Morgan fingerprint density at radius 1 is 1.52 bits per heavy atom. The van der Waals surface area contributed by atoms with Crippen LogP contribution in [0.25, 0.3) is 0 Å². The highest BCUT2D eigenvalue weighted by Gasteiger charge is 2.32. The highest BCUT2D eigenvalue weighted by molar-refractivity contribution is 8.00. The monoisotopic (exact) mass is 348 g/mol. The molecule has 1 aliphatic rings. The number of amides is 1. The molecule has 1 amide bonds. The molecule has 0 bridgehead atoms. The maximum Gasteiger partial charge on any atom is 0.232 e. The van der Waals surface area contributed by atoms with Gasteiger partial charge in [-0.2, -0.15) is 0 Å². The molecule has 1 aromatic rings. The van der Waals surface area contributed by atoms with Crippen LogP contribution in [0.2, 0.25) is 5.02 Å². The summed E-state index contributed by atoms with van der Waals surface area (Å²) in [6.07, 6.45) is 0.503. The predicted octanol–water partition coefficient (Wildman–Crippen LogP) is 1.66. The summed E-state index contributed by atoms with van der Waals surface area (Å²) in [5.74, 6) is 0.260. The summed E-state index contributed by atoms with van der Waals surface area (Å²) < 4.78 is 22.9. The Bertz CT molecular complexity index is 629. The molecule has 1 aromatic carbocycles. The summed E-state index contributed by atoms with van der Waals surface area (Å²) >= 11 is 7.32. The Morgan fingerprint density at radius 3 is 2.81 bits per heavy atom. The van der Waals surface area contributed by atoms with E-state index in [1.807, 2.05) is 0 Å². The van der Waals surface area contributed by atoms with Crippen LogP contribution in [0.1, 0.15) is 6.42 Å². The molecule has 1 saturated heterocycles. The number of carbonyl (C=O) groups excluding carboxylic acids is 1. The van der Waals surface area contributed by atoms with Gasteiger partial charge in [-0.25, -0.2) is 8.42 Å². The van der Waals surface area contributed by atoms with E-state index in [0.717, 1.165) is 0 Å². The van der Waals surface area contributed by atoms with Gasteiger partial charge in [0, 0.05) is 23.7 Å². The summed E-state index contributed by atoms with van der Waals surface area (Å²) in [6, 6.07) is 4.97. The molecule has 0 spiro atoms. The van der Waals surface area contributed by atoms with Crippen LogP contribution < -0.4 is 5.73 Å². The molecule has 8 heteroatoms. The van der Waals surface area contributed by atoms with Crippen molar-refractivity contribution in [3.05, 3.63) is 23.2 Å². The van der Waals surface area contributed by atoms with Gasteiger partial charge in [-0.3, -0.25) is 4.79 Å². The quantitative estimate of drug-likeness (QED) is 0.661. The molecule has 2 rings (SSSR count). The van der Waals surface area contributed by atoms with Gasteiger partial charge in [-0.15, -0.1) is 11.8 Å². The van der Waals surface area contributed by atoms with Crippen LogP contribution in [0, 0.1) is 0 Å². The van der Waals surface area contributed by atoms with Crippen molar-refractivity contribution >= 4 is 44.8 Å². The maximum atomic E-state index is 12.2. The molecule has 1 heterocycles. The highest BCUT2D eigenvalue weighted by Crippen LogP contribution is 2.32. The minimum absolute atomic E-state index is 0.0497. The van der Waals surface area contributed by atoms with E-state index in [-0.39, 0.29) is 29.2 Å². The molecule has 1 unspecified atom stereocenters. The number of nitrogens with zero attached hydrogens (tertiary/aromatic N) is 1. The van der Waals surface area contributed by atoms with Gasteiger partial charge in [0.25, 0.3) is 0 Å². The van der Waals surface area contributed by atoms with Gasteiger partial charge in [0.05, 0.1) is 22.3 Å². The van der Waals surface area contributed by atoms with Crippen molar-refractivity contribution in [3.8, 4) is 0 Å². The first-order valence-electron chi connectivity index (χ1n) is 6.43. The van der Waals surface area contributed by atoms with Gasteiger partial charge in [-0.05, 0) is 18.6 Å². The maximum absolute atomic E-state index is 12.2. The first-order valence-corrected chi connectivity index (χ1v) is 9.61. The van der Waals surface area contributed by atoms with Crippen molar-refractivity contribution in [3.63, 3.8) is 0 Å². The third-order valence-corrected chi connectivity index (χ3v) is 6.80. The molecular weight excluding hydrogens is 332 g/mol. The van der Waals surface area contributed by atoms with Gasteiger partial charge >= 0.3 is 0 Å². The van der Waals surface area contributed by atoms with Crippen molar-refractivity contribution < 1.29 is 13.2 Å².